The lowest BCUT2D eigenvalue weighted by molar-refractivity contribution is 0.0711. The zero-order valence-electron chi connectivity index (χ0n) is 14.7. The highest BCUT2D eigenvalue weighted by atomic mass is 35.5. The highest BCUT2D eigenvalue weighted by molar-refractivity contribution is 6.31. The summed E-state index contributed by atoms with van der Waals surface area (Å²) < 4.78 is 6.03. The molecule has 0 radical (unpaired) electrons. The van der Waals surface area contributed by atoms with E-state index < -0.39 is 0 Å². The molecule has 0 spiro atoms. The number of carbonyl (C=O) groups is 1. The van der Waals surface area contributed by atoms with Gasteiger partial charge in [0.1, 0.15) is 17.2 Å². The molecule has 2 atom stereocenters. The van der Waals surface area contributed by atoms with E-state index in [9.17, 15) is 4.79 Å². The van der Waals surface area contributed by atoms with Crippen LogP contribution in [0.15, 0.2) is 40.8 Å². The highest BCUT2D eigenvalue weighted by Crippen LogP contribution is 2.47. The molecule has 0 unspecified atom stereocenters. The predicted molar refractivity (Wildman–Crippen MR) is 101 cm³/mol. The molecule has 2 heterocycles. The van der Waals surface area contributed by atoms with Crippen LogP contribution in [0.2, 0.25) is 5.02 Å². The van der Waals surface area contributed by atoms with Crippen LogP contribution in [0.25, 0.3) is 10.9 Å². The van der Waals surface area contributed by atoms with Crippen molar-refractivity contribution in [3.63, 3.8) is 0 Å². The first-order valence-electron chi connectivity index (χ1n) is 9.26. The molecule has 26 heavy (non-hydrogen) atoms. The molecule has 134 valence electrons. The predicted octanol–water partition coefficient (Wildman–Crippen LogP) is 5.34. The number of carbonyl (C=O) groups excluding carboxylic acids is 1. The second-order valence-corrected chi connectivity index (χ2v) is 8.14. The third kappa shape index (κ3) is 2.92. The zero-order chi connectivity index (χ0) is 17.8. The molecule has 1 aromatic carbocycles. The summed E-state index contributed by atoms with van der Waals surface area (Å²) in [6, 6.07) is 11.9. The maximum absolute atomic E-state index is 13.1. The van der Waals surface area contributed by atoms with Crippen molar-refractivity contribution >= 4 is 28.4 Å². The number of fused-ring (bicyclic) bond motifs is 1. The molecule has 0 bridgehead atoms. The number of H-pyrrole nitrogens is 1. The van der Waals surface area contributed by atoms with Gasteiger partial charge in [-0.25, -0.2) is 0 Å². The molecular formula is C21H21ClN2O2. The van der Waals surface area contributed by atoms with Crippen molar-refractivity contribution < 1.29 is 9.21 Å². The number of furan rings is 1. The van der Waals surface area contributed by atoms with Gasteiger partial charge in [0.05, 0.1) is 6.54 Å². The molecule has 2 aromatic heterocycles. The Kier molecular flexibility index (Phi) is 3.64. The minimum atomic E-state index is 0.0255. The lowest BCUT2D eigenvalue weighted by Crippen LogP contribution is -2.32. The van der Waals surface area contributed by atoms with Crippen LogP contribution < -0.4 is 0 Å². The fraction of sp³-hybridized carbons (Fsp3) is 0.381. The van der Waals surface area contributed by atoms with Gasteiger partial charge < -0.3 is 14.3 Å². The zero-order valence-corrected chi connectivity index (χ0v) is 15.4. The Morgan fingerprint density at radius 1 is 1.27 bits per heavy atom. The first kappa shape index (κ1) is 16.0. The molecule has 2 fully saturated rings. The number of amides is 1. The fourth-order valence-corrected chi connectivity index (χ4v) is 3.87. The Balaban J connectivity index is 1.39. The highest BCUT2D eigenvalue weighted by Gasteiger charge is 2.38. The van der Waals surface area contributed by atoms with Crippen LogP contribution in [0.1, 0.15) is 54.1 Å². The Bertz CT molecular complexity index is 985. The van der Waals surface area contributed by atoms with Gasteiger partial charge in [0.15, 0.2) is 0 Å². The molecule has 0 aliphatic heterocycles. The molecule has 2 saturated carbocycles. The quantitative estimate of drug-likeness (QED) is 0.660. The molecule has 3 aromatic rings. The average molecular weight is 369 g/mol. The number of halogens is 1. The molecule has 1 N–H and O–H groups in total. The number of benzene rings is 1. The van der Waals surface area contributed by atoms with E-state index in [0.29, 0.717) is 35.1 Å². The van der Waals surface area contributed by atoms with Crippen molar-refractivity contribution in [3.05, 3.63) is 58.6 Å². The maximum atomic E-state index is 13.1. The minimum absolute atomic E-state index is 0.0255. The number of hydrogen-bond acceptors (Lipinski definition) is 2. The summed E-state index contributed by atoms with van der Waals surface area (Å²) in [7, 11) is 0. The van der Waals surface area contributed by atoms with E-state index in [4.69, 9.17) is 16.0 Å². The summed E-state index contributed by atoms with van der Waals surface area (Å²) in [5.41, 5.74) is 1.54. The number of nitrogens with one attached hydrogen (secondary N) is 1. The normalized spacial score (nSPS) is 21.9. The van der Waals surface area contributed by atoms with Gasteiger partial charge in [0, 0.05) is 27.9 Å². The number of nitrogens with zero attached hydrogens (tertiary/aromatic N) is 1. The van der Waals surface area contributed by atoms with Gasteiger partial charge in [-0.05, 0) is 61.6 Å². The summed E-state index contributed by atoms with van der Waals surface area (Å²) in [4.78, 5) is 18.3. The van der Waals surface area contributed by atoms with Crippen LogP contribution in [0.5, 0.6) is 0 Å². The summed E-state index contributed by atoms with van der Waals surface area (Å²) in [6.45, 7) is 2.77. The number of aromatic amines is 1. The van der Waals surface area contributed by atoms with E-state index in [1.54, 1.807) is 0 Å². The van der Waals surface area contributed by atoms with Crippen LogP contribution in [-0.2, 0) is 6.54 Å². The Labute approximate surface area is 157 Å². The number of aromatic nitrogens is 1. The van der Waals surface area contributed by atoms with Gasteiger partial charge in [0.2, 0.25) is 0 Å². The third-order valence-corrected chi connectivity index (χ3v) is 5.78. The summed E-state index contributed by atoms with van der Waals surface area (Å²) >= 11 is 6.06. The van der Waals surface area contributed by atoms with Crippen LogP contribution in [0.3, 0.4) is 0 Å². The van der Waals surface area contributed by atoms with Crippen molar-refractivity contribution in [2.45, 2.75) is 44.7 Å². The summed E-state index contributed by atoms with van der Waals surface area (Å²) in [5, 5.41) is 1.63. The van der Waals surface area contributed by atoms with E-state index in [1.807, 2.05) is 35.2 Å². The molecule has 1 amide bonds. The monoisotopic (exact) mass is 368 g/mol. The second kappa shape index (κ2) is 5.92. The first-order valence-corrected chi connectivity index (χ1v) is 9.64. The van der Waals surface area contributed by atoms with Crippen LogP contribution in [0, 0.1) is 5.92 Å². The molecular weight excluding hydrogens is 348 g/mol. The van der Waals surface area contributed by atoms with Crippen molar-refractivity contribution in [2.75, 3.05) is 0 Å². The first-order chi connectivity index (χ1) is 12.6. The smallest absolute Gasteiger partial charge is 0.270 e. The van der Waals surface area contributed by atoms with Crippen LogP contribution in [-0.4, -0.2) is 21.8 Å². The Hall–Kier alpha value is -2.20. The van der Waals surface area contributed by atoms with Gasteiger partial charge >= 0.3 is 0 Å². The number of rotatable bonds is 5. The van der Waals surface area contributed by atoms with Crippen molar-refractivity contribution in [3.8, 4) is 0 Å². The molecule has 2 aliphatic carbocycles. The van der Waals surface area contributed by atoms with E-state index in [1.165, 1.54) is 6.42 Å². The van der Waals surface area contributed by atoms with E-state index in [2.05, 4.69) is 18.0 Å². The van der Waals surface area contributed by atoms with Gasteiger partial charge in [-0.1, -0.05) is 18.5 Å². The van der Waals surface area contributed by atoms with Gasteiger partial charge in [0.25, 0.3) is 5.91 Å². The summed E-state index contributed by atoms with van der Waals surface area (Å²) in [6.07, 6.45) is 3.33. The Morgan fingerprint density at radius 2 is 2.08 bits per heavy atom. The van der Waals surface area contributed by atoms with E-state index in [0.717, 1.165) is 35.3 Å². The van der Waals surface area contributed by atoms with E-state index in [-0.39, 0.29) is 5.91 Å². The lowest BCUT2D eigenvalue weighted by Gasteiger charge is -2.20. The van der Waals surface area contributed by atoms with Gasteiger partial charge in [-0.3, -0.25) is 4.79 Å². The average Bonchev–Trinajstić information content (AvgIpc) is 3.50. The van der Waals surface area contributed by atoms with Crippen molar-refractivity contribution in [1.29, 1.82) is 0 Å². The van der Waals surface area contributed by atoms with Gasteiger partial charge in [-0.15, -0.1) is 0 Å². The third-order valence-electron chi connectivity index (χ3n) is 5.55. The SMILES string of the molecule is C[C@@H]1C[C@@H]1c1ccc(CN(C(=O)c2cc3cc(Cl)ccc3[nH]2)C2CC2)o1. The number of hydrogen-bond donors (Lipinski definition) is 1. The Morgan fingerprint density at radius 3 is 2.81 bits per heavy atom. The largest absolute Gasteiger partial charge is 0.464 e. The van der Waals surface area contributed by atoms with Crippen LogP contribution in [0.4, 0.5) is 0 Å². The molecule has 2 aliphatic rings. The molecule has 4 nitrogen and oxygen atoms in total. The lowest BCUT2D eigenvalue weighted by atomic mass is 10.2. The second-order valence-electron chi connectivity index (χ2n) is 7.70. The van der Waals surface area contributed by atoms with Crippen molar-refractivity contribution in [1.82, 2.24) is 9.88 Å². The topological polar surface area (TPSA) is 49.2 Å². The minimum Gasteiger partial charge on any atom is -0.464 e. The molecule has 5 rings (SSSR count). The molecule has 5 heteroatoms. The fourth-order valence-electron chi connectivity index (χ4n) is 3.69. The summed E-state index contributed by atoms with van der Waals surface area (Å²) in [5.74, 6) is 3.24. The van der Waals surface area contributed by atoms with Gasteiger partial charge in [-0.2, -0.15) is 0 Å². The van der Waals surface area contributed by atoms with E-state index >= 15 is 0 Å². The maximum Gasteiger partial charge on any atom is 0.270 e. The standard InChI is InChI=1S/C21H21ClN2O2/c1-12-8-17(12)20-7-5-16(26-20)11-24(15-3-4-15)21(25)19-10-13-9-14(22)2-6-18(13)23-19/h2,5-7,9-10,12,15,17,23H,3-4,8,11H2,1H3/t12-,17+/m1/s1. The van der Waals surface area contributed by atoms with Crippen molar-refractivity contribution in [2.24, 2.45) is 5.92 Å². The van der Waals surface area contributed by atoms with Crippen LogP contribution >= 0.6 is 11.6 Å². The molecule has 0 saturated heterocycles.